The molecule has 1 unspecified atom stereocenters. The highest BCUT2D eigenvalue weighted by Gasteiger charge is 2.20. The third-order valence-electron chi connectivity index (χ3n) is 4.22. The summed E-state index contributed by atoms with van der Waals surface area (Å²) in [6.07, 6.45) is 0. The van der Waals surface area contributed by atoms with Crippen LogP contribution in [-0.2, 0) is 10.8 Å². The Bertz CT molecular complexity index is 1210. The van der Waals surface area contributed by atoms with E-state index in [2.05, 4.69) is 10.2 Å². The fourth-order valence-corrected chi connectivity index (χ4v) is 3.83. The quantitative estimate of drug-likeness (QED) is 0.274. The van der Waals surface area contributed by atoms with Crippen molar-refractivity contribution in [2.24, 2.45) is 10.2 Å². The van der Waals surface area contributed by atoms with Crippen LogP contribution in [0.4, 0.5) is 22.7 Å². The minimum absolute atomic E-state index is 0.146. The number of ether oxygens (including phenoxy) is 1. The smallest absolute Gasteiger partial charge is 0.303 e. The molecular formula is C20H16N4O6S. The van der Waals surface area contributed by atoms with Crippen molar-refractivity contribution < 1.29 is 18.8 Å². The molecule has 0 amide bonds. The van der Waals surface area contributed by atoms with Gasteiger partial charge in [0, 0.05) is 11.0 Å². The van der Waals surface area contributed by atoms with E-state index in [4.69, 9.17) is 4.74 Å². The first kappa shape index (κ1) is 21.7. The van der Waals surface area contributed by atoms with Crippen molar-refractivity contribution in [1.29, 1.82) is 0 Å². The second-order valence-electron chi connectivity index (χ2n) is 6.30. The molecule has 3 rings (SSSR count). The molecule has 3 aromatic carbocycles. The number of aryl methyl sites for hydroxylation is 1. The number of hydrogen-bond donors (Lipinski definition) is 0. The summed E-state index contributed by atoms with van der Waals surface area (Å²) in [5.74, 6) is 0.388. The molecular weight excluding hydrogens is 424 g/mol. The summed E-state index contributed by atoms with van der Waals surface area (Å²) in [6, 6.07) is 14.9. The van der Waals surface area contributed by atoms with E-state index in [0.29, 0.717) is 15.5 Å². The van der Waals surface area contributed by atoms with Crippen LogP contribution in [0.1, 0.15) is 5.56 Å². The van der Waals surface area contributed by atoms with E-state index >= 15 is 0 Å². The number of nitrogens with zero attached hydrogens (tertiary/aromatic N) is 4. The first-order valence-electron chi connectivity index (χ1n) is 8.81. The number of rotatable bonds is 7. The Kier molecular flexibility index (Phi) is 6.46. The van der Waals surface area contributed by atoms with Crippen LogP contribution >= 0.6 is 0 Å². The second-order valence-corrected chi connectivity index (χ2v) is 7.75. The summed E-state index contributed by atoms with van der Waals surface area (Å²) in [4.78, 5) is 21.5. The zero-order valence-electron chi connectivity index (χ0n) is 16.4. The van der Waals surface area contributed by atoms with Crippen LogP contribution in [0.15, 0.2) is 80.7 Å². The van der Waals surface area contributed by atoms with Gasteiger partial charge in [0.15, 0.2) is 5.69 Å². The Balaban J connectivity index is 1.98. The number of benzene rings is 3. The lowest BCUT2D eigenvalue weighted by atomic mass is 10.2. The van der Waals surface area contributed by atoms with Crippen molar-refractivity contribution in [2.45, 2.75) is 16.7 Å². The van der Waals surface area contributed by atoms with E-state index < -0.39 is 32.0 Å². The molecule has 0 radical (unpaired) electrons. The molecule has 0 saturated heterocycles. The monoisotopic (exact) mass is 440 g/mol. The van der Waals surface area contributed by atoms with Gasteiger partial charge in [0.1, 0.15) is 5.75 Å². The maximum absolute atomic E-state index is 13.0. The third kappa shape index (κ3) is 4.95. The van der Waals surface area contributed by atoms with Crippen LogP contribution in [0.5, 0.6) is 5.75 Å². The molecule has 1 atom stereocenters. The summed E-state index contributed by atoms with van der Waals surface area (Å²) < 4.78 is 18.3. The summed E-state index contributed by atoms with van der Waals surface area (Å²) >= 11 is 0. The summed E-state index contributed by atoms with van der Waals surface area (Å²) in [5, 5.41) is 29.9. The number of azo groups is 1. The van der Waals surface area contributed by atoms with Crippen LogP contribution in [0.25, 0.3) is 0 Å². The fraction of sp³-hybridized carbons (Fsp3) is 0.100. The van der Waals surface area contributed by atoms with Crippen LogP contribution in [0.2, 0.25) is 0 Å². The van der Waals surface area contributed by atoms with Crippen molar-refractivity contribution in [3.63, 3.8) is 0 Å². The van der Waals surface area contributed by atoms with E-state index in [1.165, 1.54) is 13.2 Å². The van der Waals surface area contributed by atoms with Crippen molar-refractivity contribution in [1.82, 2.24) is 0 Å². The highest BCUT2D eigenvalue weighted by Crippen LogP contribution is 2.34. The van der Waals surface area contributed by atoms with Gasteiger partial charge in [-0.2, -0.15) is 5.11 Å². The molecule has 3 aromatic rings. The summed E-state index contributed by atoms with van der Waals surface area (Å²) in [5.41, 5.74) is 0.192. The van der Waals surface area contributed by atoms with Gasteiger partial charge in [0.25, 0.3) is 5.69 Å². The molecule has 11 heteroatoms. The van der Waals surface area contributed by atoms with Crippen molar-refractivity contribution in [2.75, 3.05) is 7.11 Å². The number of nitro benzene ring substituents is 2. The number of nitro groups is 2. The van der Waals surface area contributed by atoms with Crippen LogP contribution in [-0.4, -0.2) is 21.2 Å². The van der Waals surface area contributed by atoms with Crippen molar-refractivity contribution >= 4 is 33.5 Å². The van der Waals surface area contributed by atoms with Gasteiger partial charge < -0.3 is 4.74 Å². The van der Waals surface area contributed by atoms with Gasteiger partial charge in [-0.05, 0) is 43.3 Å². The average Bonchev–Trinajstić information content (AvgIpc) is 2.77. The summed E-state index contributed by atoms with van der Waals surface area (Å²) in [7, 11) is -0.104. The first-order valence-corrected chi connectivity index (χ1v) is 9.96. The lowest BCUT2D eigenvalue weighted by molar-refractivity contribution is -0.393. The molecule has 10 nitrogen and oxygen atoms in total. The standard InChI is InChI=1S/C20H16N4O6S/c1-13-3-7-16(8-4-13)31(29)20-11-14(5-10-19(20)30-2)21-22-17-9-6-15(23(25)26)12-18(17)24(27)28/h3-12H,1-2H3. The molecule has 0 fully saturated rings. The minimum Gasteiger partial charge on any atom is -0.495 e. The minimum atomic E-state index is -1.55. The van der Waals surface area contributed by atoms with Gasteiger partial charge in [-0.3, -0.25) is 20.2 Å². The highest BCUT2D eigenvalue weighted by atomic mass is 32.2. The molecule has 0 saturated carbocycles. The molecule has 0 spiro atoms. The van der Waals surface area contributed by atoms with E-state index in [0.717, 1.165) is 23.8 Å². The van der Waals surface area contributed by atoms with E-state index in [1.54, 1.807) is 24.3 Å². The molecule has 0 bridgehead atoms. The fourth-order valence-electron chi connectivity index (χ4n) is 2.63. The molecule has 0 aromatic heterocycles. The largest absolute Gasteiger partial charge is 0.495 e. The van der Waals surface area contributed by atoms with Crippen molar-refractivity contribution in [3.8, 4) is 5.75 Å². The van der Waals surface area contributed by atoms with Gasteiger partial charge in [0.2, 0.25) is 0 Å². The molecule has 0 aliphatic carbocycles. The second kappa shape index (κ2) is 9.22. The Hall–Kier alpha value is -3.99. The average molecular weight is 440 g/mol. The zero-order chi connectivity index (χ0) is 22.5. The Morgan fingerprint density at radius 3 is 2.23 bits per heavy atom. The predicted molar refractivity (Wildman–Crippen MR) is 113 cm³/mol. The van der Waals surface area contributed by atoms with Gasteiger partial charge in [-0.15, -0.1) is 5.11 Å². The molecule has 31 heavy (non-hydrogen) atoms. The lowest BCUT2D eigenvalue weighted by Gasteiger charge is -2.09. The molecule has 0 N–H and O–H groups in total. The normalized spacial score (nSPS) is 11.9. The first-order chi connectivity index (χ1) is 14.8. The molecule has 0 heterocycles. The SMILES string of the molecule is COc1ccc(N=Nc2ccc([N+](=O)[O-])cc2[N+](=O)[O-])cc1S(=O)c1ccc(C)cc1. The Labute approximate surface area is 179 Å². The molecule has 158 valence electrons. The predicted octanol–water partition coefficient (Wildman–Crippen LogP) is 5.40. The van der Waals surface area contributed by atoms with Crippen LogP contribution < -0.4 is 4.74 Å². The topological polar surface area (TPSA) is 137 Å². The number of non-ortho nitro benzene ring substituents is 1. The Morgan fingerprint density at radius 2 is 1.61 bits per heavy atom. The van der Waals surface area contributed by atoms with Gasteiger partial charge in [0.05, 0.1) is 44.4 Å². The Morgan fingerprint density at radius 1 is 0.903 bits per heavy atom. The van der Waals surface area contributed by atoms with Crippen LogP contribution in [0.3, 0.4) is 0 Å². The maximum Gasteiger partial charge on any atom is 0.303 e. The van der Waals surface area contributed by atoms with E-state index in [9.17, 15) is 24.4 Å². The number of hydrogen-bond acceptors (Lipinski definition) is 8. The van der Waals surface area contributed by atoms with Crippen LogP contribution in [0, 0.1) is 27.2 Å². The molecule has 0 aliphatic heterocycles. The van der Waals surface area contributed by atoms with Crippen molar-refractivity contribution in [3.05, 3.63) is 86.5 Å². The van der Waals surface area contributed by atoms with E-state index in [1.807, 2.05) is 19.1 Å². The number of methoxy groups -OCH3 is 1. The maximum atomic E-state index is 13.0. The van der Waals surface area contributed by atoms with Gasteiger partial charge in [-0.1, -0.05) is 17.7 Å². The molecule has 0 aliphatic rings. The highest BCUT2D eigenvalue weighted by molar-refractivity contribution is 7.85. The summed E-state index contributed by atoms with van der Waals surface area (Å²) in [6.45, 7) is 1.92. The van der Waals surface area contributed by atoms with Gasteiger partial charge >= 0.3 is 5.69 Å². The zero-order valence-corrected chi connectivity index (χ0v) is 17.2. The van der Waals surface area contributed by atoms with Gasteiger partial charge in [-0.25, -0.2) is 4.21 Å². The lowest BCUT2D eigenvalue weighted by Crippen LogP contribution is -1.97. The van der Waals surface area contributed by atoms with E-state index in [-0.39, 0.29) is 11.4 Å². The third-order valence-corrected chi connectivity index (χ3v) is 5.64.